The van der Waals surface area contributed by atoms with Gasteiger partial charge in [-0.2, -0.15) is 5.10 Å². The summed E-state index contributed by atoms with van der Waals surface area (Å²) in [7, 11) is 0. The predicted octanol–water partition coefficient (Wildman–Crippen LogP) is 3.81. The number of rotatable bonds is 6. The zero-order valence-corrected chi connectivity index (χ0v) is 14.0. The lowest BCUT2D eigenvalue weighted by Crippen LogP contribution is -2.14. The van der Waals surface area contributed by atoms with Crippen molar-refractivity contribution in [1.29, 1.82) is 0 Å². The lowest BCUT2D eigenvalue weighted by atomic mass is 10.1. The monoisotopic (exact) mass is 335 g/mol. The maximum Gasteiger partial charge on any atom is 0.0673 e. The zero-order valence-electron chi connectivity index (χ0n) is 12.4. The van der Waals surface area contributed by atoms with Gasteiger partial charge >= 0.3 is 0 Å². The van der Waals surface area contributed by atoms with E-state index in [1.165, 1.54) is 16.8 Å². The zero-order chi connectivity index (χ0) is 14.5. The van der Waals surface area contributed by atoms with Crippen LogP contribution in [0.4, 0.5) is 0 Å². The van der Waals surface area contributed by atoms with Gasteiger partial charge in [-0.05, 0) is 50.1 Å². The molecule has 20 heavy (non-hydrogen) atoms. The van der Waals surface area contributed by atoms with Crippen molar-refractivity contribution in [3.63, 3.8) is 0 Å². The van der Waals surface area contributed by atoms with Gasteiger partial charge in [0.05, 0.1) is 12.2 Å². The van der Waals surface area contributed by atoms with Crippen LogP contribution in [-0.2, 0) is 13.1 Å². The molecule has 4 heteroatoms. The lowest BCUT2D eigenvalue weighted by molar-refractivity contribution is 0.655. The van der Waals surface area contributed by atoms with Gasteiger partial charge in [-0.3, -0.25) is 4.68 Å². The van der Waals surface area contributed by atoms with Crippen molar-refractivity contribution >= 4 is 15.9 Å². The molecule has 0 aliphatic heterocycles. The Labute approximate surface area is 129 Å². The van der Waals surface area contributed by atoms with Gasteiger partial charge in [0.1, 0.15) is 0 Å². The number of benzene rings is 1. The number of hydrogen-bond acceptors (Lipinski definition) is 2. The number of aryl methyl sites for hydroxylation is 2. The van der Waals surface area contributed by atoms with E-state index in [0.29, 0.717) is 0 Å². The molecule has 0 aliphatic carbocycles. The molecule has 1 aromatic heterocycles. The summed E-state index contributed by atoms with van der Waals surface area (Å²) < 4.78 is 3.20. The van der Waals surface area contributed by atoms with E-state index in [4.69, 9.17) is 0 Å². The summed E-state index contributed by atoms with van der Waals surface area (Å²) in [5, 5.41) is 7.93. The van der Waals surface area contributed by atoms with Gasteiger partial charge in [0.15, 0.2) is 0 Å². The molecule has 2 aromatic rings. The topological polar surface area (TPSA) is 29.9 Å². The highest BCUT2D eigenvalue weighted by atomic mass is 79.9. The van der Waals surface area contributed by atoms with Gasteiger partial charge in [0.25, 0.3) is 0 Å². The number of nitrogens with one attached hydrogen (secondary N) is 1. The third-order valence-electron chi connectivity index (χ3n) is 3.30. The van der Waals surface area contributed by atoms with E-state index in [1.54, 1.807) is 0 Å². The smallest absolute Gasteiger partial charge is 0.0673 e. The minimum Gasteiger partial charge on any atom is -0.313 e. The quantitative estimate of drug-likeness (QED) is 0.813. The molecular formula is C16H22BrN3. The van der Waals surface area contributed by atoms with E-state index in [1.807, 2.05) is 11.6 Å². The first kappa shape index (κ1) is 15.3. The average molecular weight is 336 g/mol. The van der Waals surface area contributed by atoms with Crippen molar-refractivity contribution < 1.29 is 0 Å². The van der Waals surface area contributed by atoms with Crippen LogP contribution in [0.15, 0.2) is 28.7 Å². The van der Waals surface area contributed by atoms with Crippen LogP contribution in [0.5, 0.6) is 0 Å². The average Bonchev–Trinajstić information content (AvgIpc) is 2.71. The Bertz CT molecular complexity index is 575. The van der Waals surface area contributed by atoms with E-state index in [2.05, 4.69) is 64.5 Å². The number of hydrogen-bond donors (Lipinski definition) is 1. The Balaban J connectivity index is 2.07. The van der Waals surface area contributed by atoms with Crippen LogP contribution in [0.3, 0.4) is 0 Å². The molecule has 0 bridgehead atoms. The van der Waals surface area contributed by atoms with Gasteiger partial charge < -0.3 is 5.32 Å². The molecule has 0 saturated heterocycles. The molecule has 0 atom stereocenters. The fraction of sp³-hybridized carbons (Fsp3) is 0.438. The molecule has 0 spiro atoms. The highest BCUT2D eigenvalue weighted by Crippen LogP contribution is 2.20. The summed E-state index contributed by atoms with van der Waals surface area (Å²) in [6.07, 6.45) is 1.16. The standard InChI is InChI=1S/C16H22BrN3/c1-4-7-18-10-14-5-6-15(16(17)9-14)11-20-13(3)8-12(2)19-20/h5-6,8-9,18H,4,7,10-11H2,1-3H3. The van der Waals surface area contributed by atoms with E-state index in [0.717, 1.165) is 36.2 Å². The second-order valence-electron chi connectivity index (χ2n) is 5.19. The summed E-state index contributed by atoms with van der Waals surface area (Å²) in [5.41, 5.74) is 4.83. The summed E-state index contributed by atoms with van der Waals surface area (Å²) in [6, 6.07) is 8.68. The lowest BCUT2D eigenvalue weighted by Gasteiger charge is -2.10. The Morgan fingerprint density at radius 2 is 2.05 bits per heavy atom. The summed E-state index contributed by atoms with van der Waals surface area (Å²) in [6.45, 7) is 9.10. The largest absolute Gasteiger partial charge is 0.313 e. The van der Waals surface area contributed by atoms with Crippen LogP contribution in [0.1, 0.15) is 35.9 Å². The minimum absolute atomic E-state index is 0.808. The van der Waals surface area contributed by atoms with Crippen molar-refractivity contribution in [3.05, 3.63) is 51.3 Å². The molecule has 0 saturated carbocycles. The Kier molecular flexibility index (Phi) is 5.38. The van der Waals surface area contributed by atoms with Crippen molar-refractivity contribution in [1.82, 2.24) is 15.1 Å². The molecule has 1 aromatic carbocycles. The summed E-state index contributed by atoms with van der Waals surface area (Å²) >= 11 is 3.68. The molecule has 3 nitrogen and oxygen atoms in total. The number of aromatic nitrogens is 2. The van der Waals surface area contributed by atoms with Gasteiger partial charge in [-0.25, -0.2) is 0 Å². The third-order valence-corrected chi connectivity index (χ3v) is 4.04. The molecule has 1 N–H and O–H groups in total. The van der Waals surface area contributed by atoms with E-state index >= 15 is 0 Å². The maximum absolute atomic E-state index is 4.51. The van der Waals surface area contributed by atoms with Gasteiger partial charge in [-0.1, -0.05) is 35.0 Å². The molecule has 0 aliphatic rings. The maximum atomic E-state index is 4.51. The molecule has 0 fully saturated rings. The Morgan fingerprint density at radius 1 is 1.25 bits per heavy atom. The molecule has 0 amide bonds. The van der Waals surface area contributed by atoms with Crippen molar-refractivity contribution in [2.24, 2.45) is 0 Å². The van der Waals surface area contributed by atoms with E-state index < -0.39 is 0 Å². The molecular weight excluding hydrogens is 314 g/mol. The predicted molar refractivity (Wildman–Crippen MR) is 86.9 cm³/mol. The van der Waals surface area contributed by atoms with Crippen LogP contribution in [0.25, 0.3) is 0 Å². The second kappa shape index (κ2) is 7.04. The van der Waals surface area contributed by atoms with Crippen molar-refractivity contribution in [2.75, 3.05) is 6.54 Å². The number of halogens is 1. The molecule has 0 radical (unpaired) electrons. The molecule has 0 unspecified atom stereocenters. The highest BCUT2D eigenvalue weighted by Gasteiger charge is 2.06. The Morgan fingerprint density at radius 3 is 2.65 bits per heavy atom. The fourth-order valence-corrected chi connectivity index (χ4v) is 2.79. The van der Waals surface area contributed by atoms with E-state index in [9.17, 15) is 0 Å². The van der Waals surface area contributed by atoms with Gasteiger partial charge in [-0.15, -0.1) is 0 Å². The highest BCUT2D eigenvalue weighted by molar-refractivity contribution is 9.10. The van der Waals surface area contributed by atoms with E-state index in [-0.39, 0.29) is 0 Å². The first-order valence-corrected chi connectivity index (χ1v) is 7.88. The SMILES string of the molecule is CCCNCc1ccc(Cn2nc(C)cc2C)c(Br)c1. The molecule has 2 rings (SSSR count). The van der Waals surface area contributed by atoms with Crippen LogP contribution < -0.4 is 5.32 Å². The number of nitrogens with zero attached hydrogens (tertiary/aromatic N) is 2. The van der Waals surface area contributed by atoms with Crippen molar-refractivity contribution in [2.45, 2.75) is 40.3 Å². The molecule has 108 valence electrons. The Hall–Kier alpha value is -1.13. The van der Waals surface area contributed by atoms with Gasteiger partial charge in [0, 0.05) is 16.7 Å². The van der Waals surface area contributed by atoms with Crippen LogP contribution in [0, 0.1) is 13.8 Å². The second-order valence-corrected chi connectivity index (χ2v) is 6.04. The summed E-state index contributed by atoms with van der Waals surface area (Å²) in [4.78, 5) is 0. The van der Waals surface area contributed by atoms with Gasteiger partial charge in [0.2, 0.25) is 0 Å². The van der Waals surface area contributed by atoms with Crippen LogP contribution in [-0.4, -0.2) is 16.3 Å². The van der Waals surface area contributed by atoms with Crippen LogP contribution >= 0.6 is 15.9 Å². The summed E-state index contributed by atoms with van der Waals surface area (Å²) in [5.74, 6) is 0. The first-order valence-electron chi connectivity index (χ1n) is 7.09. The first-order chi connectivity index (χ1) is 9.60. The van der Waals surface area contributed by atoms with Crippen LogP contribution in [0.2, 0.25) is 0 Å². The minimum atomic E-state index is 0.808. The fourth-order valence-electron chi connectivity index (χ4n) is 2.23. The van der Waals surface area contributed by atoms with Crippen molar-refractivity contribution in [3.8, 4) is 0 Å². The normalized spacial score (nSPS) is 11.0. The molecule has 1 heterocycles. The third kappa shape index (κ3) is 3.93.